The van der Waals surface area contributed by atoms with Crippen molar-refractivity contribution >= 4 is 5.97 Å². The summed E-state index contributed by atoms with van der Waals surface area (Å²) in [7, 11) is 0. The molecule has 0 aromatic rings. The van der Waals surface area contributed by atoms with Gasteiger partial charge >= 0.3 is 5.97 Å². The Balaban J connectivity index is 2.09. The minimum Gasteiger partial charge on any atom is -0.481 e. The van der Waals surface area contributed by atoms with Crippen molar-refractivity contribution < 1.29 is 19.4 Å². The van der Waals surface area contributed by atoms with E-state index in [9.17, 15) is 4.79 Å². The van der Waals surface area contributed by atoms with E-state index in [-0.39, 0.29) is 6.10 Å². The summed E-state index contributed by atoms with van der Waals surface area (Å²) in [4.78, 5) is 10.8. The Morgan fingerprint density at radius 3 is 2.81 bits per heavy atom. The standard InChI is InChI=1S/C12H22O4/c1-12(2,11(13)14)6-8-15-9-10-5-3-4-7-16-10/h10H,3-9H2,1-2H3,(H,13,14). The first-order valence-electron chi connectivity index (χ1n) is 5.95. The van der Waals surface area contributed by atoms with Crippen LogP contribution in [0.5, 0.6) is 0 Å². The highest BCUT2D eigenvalue weighted by atomic mass is 16.5. The van der Waals surface area contributed by atoms with Crippen LogP contribution in [-0.2, 0) is 14.3 Å². The fraction of sp³-hybridized carbons (Fsp3) is 0.917. The lowest BCUT2D eigenvalue weighted by Gasteiger charge is -2.23. The highest BCUT2D eigenvalue weighted by molar-refractivity contribution is 5.73. The number of rotatable bonds is 6. The van der Waals surface area contributed by atoms with Gasteiger partial charge in [-0.1, -0.05) is 0 Å². The molecule has 0 spiro atoms. The molecule has 94 valence electrons. The van der Waals surface area contributed by atoms with Crippen LogP contribution in [-0.4, -0.2) is 37.0 Å². The lowest BCUT2D eigenvalue weighted by Crippen LogP contribution is -2.28. The second kappa shape index (κ2) is 6.21. The number of aliphatic carboxylic acids is 1. The molecule has 1 aliphatic heterocycles. The van der Waals surface area contributed by atoms with Crippen LogP contribution in [0.3, 0.4) is 0 Å². The SMILES string of the molecule is CC(C)(CCOCC1CCCCO1)C(=O)O. The molecule has 0 amide bonds. The summed E-state index contributed by atoms with van der Waals surface area (Å²) in [6.07, 6.45) is 4.15. The van der Waals surface area contributed by atoms with Crippen LogP contribution in [0, 0.1) is 5.41 Å². The molecule has 1 saturated heterocycles. The van der Waals surface area contributed by atoms with Crippen LogP contribution in [0.4, 0.5) is 0 Å². The van der Waals surface area contributed by atoms with Gasteiger partial charge in [-0.25, -0.2) is 0 Å². The molecule has 0 aromatic carbocycles. The van der Waals surface area contributed by atoms with Crippen molar-refractivity contribution in [2.24, 2.45) is 5.41 Å². The Morgan fingerprint density at radius 2 is 2.25 bits per heavy atom. The molecule has 1 aliphatic rings. The first kappa shape index (κ1) is 13.5. The van der Waals surface area contributed by atoms with E-state index < -0.39 is 11.4 Å². The van der Waals surface area contributed by atoms with Crippen molar-refractivity contribution in [3.05, 3.63) is 0 Å². The maximum absolute atomic E-state index is 10.8. The zero-order valence-corrected chi connectivity index (χ0v) is 10.2. The van der Waals surface area contributed by atoms with Crippen molar-refractivity contribution in [3.8, 4) is 0 Å². The minimum atomic E-state index is -0.773. The average molecular weight is 230 g/mol. The van der Waals surface area contributed by atoms with Gasteiger partial charge in [-0.15, -0.1) is 0 Å². The third kappa shape index (κ3) is 4.49. The number of hydrogen-bond acceptors (Lipinski definition) is 3. The fourth-order valence-electron chi connectivity index (χ4n) is 1.59. The van der Waals surface area contributed by atoms with E-state index >= 15 is 0 Å². The molecule has 1 fully saturated rings. The minimum absolute atomic E-state index is 0.210. The number of ether oxygens (including phenoxy) is 2. The second-order valence-electron chi connectivity index (χ2n) is 5.00. The molecule has 4 nitrogen and oxygen atoms in total. The number of carbonyl (C=O) groups is 1. The molecule has 0 aromatic heterocycles. The van der Waals surface area contributed by atoms with Crippen molar-refractivity contribution in [1.29, 1.82) is 0 Å². The predicted molar refractivity (Wildman–Crippen MR) is 60.4 cm³/mol. The molecule has 0 saturated carbocycles. The van der Waals surface area contributed by atoms with E-state index in [4.69, 9.17) is 14.6 Å². The van der Waals surface area contributed by atoms with Gasteiger partial charge in [-0.3, -0.25) is 4.79 Å². The molecule has 0 bridgehead atoms. The molecule has 0 radical (unpaired) electrons. The van der Waals surface area contributed by atoms with Crippen molar-refractivity contribution in [3.63, 3.8) is 0 Å². The molecular weight excluding hydrogens is 208 g/mol. The van der Waals surface area contributed by atoms with Gasteiger partial charge in [0.25, 0.3) is 0 Å². The van der Waals surface area contributed by atoms with Crippen LogP contribution in [0.2, 0.25) is 0 Å². The van der Waals surface area contributed by atoms with Gasteiger partial charge in [0.05, 0.1) is 18.1 Å². The second-order valence-corrected chi connectivity index (χ2v) is 5.00. The van der Waals surface area contributed by atoms with Crippen LogP contribution < -0.4 is 0 Å². The topological polar surface area (TPSA) is 55.8 Å². The lowest BCUT2D eigenvalue weighted by molar-refractivity contribution is -0.148. The van der Waals surface area contributed by atoms with E-state index in [2.05, 4.69) is 0 Å². The van der Waals surface area contributed by atoms with E-state index in [1.54, 1.807) is 13.8 Å². The molecule has 1 unspecified atom stereocenters. The Labute approximate surface area is 96.9 Å². The Bertz CT molecular complexity index is 219. The Hall–Kier alpha value is -0.610. The molecule has 0 aliphatic carbocycles. The normalized spacial score (nSPS) is 22.0. The maximum atomic E-state index is 10.8. The van der Waals surface area contributed by atoms with Gasteiger partial charge in [-0.05, 0) is 39.5 Å². The highest BCUT2D eigenvalue weighted by Crippen LogP contribution is 2.20. The van der Waals surface area contributed by atoms with Gasteiger partial charge in [0.15, 0.2) is 0 Å². The smallest absolute Gasteiger partial charge is 0.309 e. The summed E-state index contributed by atoms with van der Waals surface area (Å²) in [5.41, 5.74) is -0.701. The zero-order chi connectivity index (χ0) is 12.0. The largest absolute Gasteiger partial charge is 0.481 e. The number of carboxylic acids is 1. The molecule has 1 heterocycles. The monoisotopic (exact) mass is 230 g/mol. The average Bonchev–Trinajstić information content (AvgIpc) is 2.26. The molecule has 4 heteroatoms. The molecule has 1 N–H and O–H groups in total. The first-order valence-corrected chi connectivity index (χ1v) is 5.95. The predicted octanol–water partition coefficient (Wildman–Crippen LogP) is 2.07. The third-order valence-corrected chi connectivity index (χ3v) is 3.03. The highest BCUT2D eigenvalue weighted by Gasteiger charge is 2.26. The summed E-state index contributed by atoms with van der Waals surface area (Å²) in [5, 5.41) is 8.91. The van der Waals surface area contributed by atoms with E-state index in [0.29, 0.717) is 19.6 Å². The van der Waals surface area contributed by atoms with E-state index in [1.165, 1.54) is 6.42 Å². The van der Waals surface area contributed by atoms with Crippen LogP contribution >= 0.6 is 0 Å². The third-order valence-electron chi connectivity index (χ3n) is 3.03. The van der Waals surface area contributed by atoms with Crippen molar-refractivity contribution in [2.75, 3.05) is 19.8 Å². The van der Waals surface area contributed by atoms with Crippen molar-refractivity contribution in [1.82, 2.24) is 0 Å². The van der Waals surface area contributed by atoms with Crippen LogP contribution in [0.15, 0.2) is 0 Å². The van der Waals surface area contributed by atoms with Crippen LogP contribution in [0.25, 0.3) is 0 Å². The molecule has 1 atom stereocenters. The molecule has 1 rings (SSSR count). The summed E-state index contributed by atoms with van der Waals surface area (Å²) < 4.78 is 11.0. The molecule has 16 heavy (non-hydrogen) atoms. The Morgan fingerprint density at radius 1 is 1.50 bits per heavy atom. The first-order chi connectivity index (χ1) is 7.52. The maximum Gasteiger partial charge on any atom is 0.309 e. The van der Waals surface area contributed by atoms with Gasteiger partial charge in [0.1, 0.15) is 0 Å². The Kier molecular flexibility index (Phi) is 5.22. The number of carboxylic acid groups (broad SMARTS) is 1. The summed E-state index contributed by atoms with van der Waals surface area (Å²) in [6, 6.07) is 0. The summed E-state index contributed by atoms with van der Waals surface area (Å²) >= 11 is 0. The summed E-state index contributed by atoms with van der Waals surface area (Å²) in [5.74, 6) is -0.773. The lowest BCUT2D eigenvalue weighted by atomic mass is 9.90. The van der Waals surface area contributed by atoms with Gasteiger partial charge in [0, 0.05) is 13.2 Å². The van der Waals surface area contributed by atoms with Crippen molar-refractivity contribution in [2.45, 2.75) is 45.6 Å². The quantitative estimate of drug-likeness (QED) is 0.710. The number of hydrogen-bond donors (Lipinski definition) is 1. The van der Waals surface area contributed by atoms with Gasteiger partial charge in [0.2, 0.25) is 0 Å². The fourth-order valence-corrected chi connectivity index (χ4v) is 1.59. The van der Waals surface area contributed by atoms with E-state index in [1.807, 2.05) is 0 Å². The summed E-state index contributed by atoms with van der Waals surface area (Å²) in [6.45, 7) is 5.34. The zero-order valence-electron chi connectivity index (χ0n) is 10.2. The van der Waals surface area contributed by atoms with Gasteiger partial charge in [-0.2, -0.15) is 0 Å². The van der Waals surface area contributed by atoms with E-state index in [0.717, 1.165) is 19.4 Å². The molecular formula is C12H22O4. The van der Waals surface area contributed by atoms with Crippen LogP contribution in [0.1, 0.15) is 39.5 Å². The van der Waals surface area contributed by atoms with Gasteiger partial charge < -0.3 is 14.6 Å².